The molecule has 0 aromatic rings. The van der Waals surface area contributed by atoms with Crippen LogP contribution < -0.4 is 0 Å². The molecule has 2 aliphatic heterocycles. The van der Waals surface area contributed by atoms with Gasteiger partial charge in [-0.25, -0.2) is 0 Å². The van der Waals surface area contributed by atoms with Crippen LogP contribution in [0.25, 0.3) is 0 Å². The quantitative estimate of drug-likeness (QED) is 0.730. The van der Waals surface area contributed by atoms with Crippen molar-refractivity contribution < 1.29 is 0 Å². The van der Waals surface area contributed by atoms with Gasteiger partial charge in [0, 0.05) is 23.0 Å². The van der Waals surface area contributed by atoms with Crippen molar-refractivity contribution in [3.8, 4) is 0 Å². The summed E-state index contributed by atoms with van der Waals surface area (Å²) in [4.78, 5) is 0. The Labute approximate surface area is 117 Å². The standard InChI is InChI=1S/C12H22S4/c1-10(2)12(15-8-9-16-12)5-4-11(3)13-6-7-14-11/h10H,4-9H2,1-3H3. The molecule has 0 amide bonds. The van der Waals surface area contributed by atoms with E-state index < -0.39 is 0 Å². The SMILES string of the molecule is CC(C)C1(CCC2(C)SCCS2)SCCS1. The molecule has 0 aromatic carbocycles. The minimum absolute atomic E-state index is 0.519. The highest BCUT2D eigenvalue weighted by Crippen LogP contribution is 2.55. The van der Waals surface area contributed by atoms with Crippen molar-refractivity contribution in [3.63, 3.8) is 0 Å². The van der Waals surface area contributed by atoms with Gasteiger partial charge in [-0.15, -0.1) is 47.0 Å². The van der Waals surface area contributed by atoms with E-state index in [1.807, 2.05) is 0 Å². The summed E-state index contributed by atoms with van der Waals surface area (Å²) >= 11 is 8.81. The minimum Gasteiger partial charge on any atom is -0.144 e. The second kappa shape index (κ2) is 5.58. The first-order chi connectivity index (χ1) is 7.56. The Morgan fingerprint density at radius 2 is 1.38 bits per heavy atom. The van der Waals surface area contributed by atoms with Crippen LogP contribution in [0, 0.1) is 5.92 Å². The van der Waals surface area contributed by atoms with Gasteiger partial charge in [0.2, 0.25) is 0 Å². The van der Waals surface area contributed by atoms with Gasteiger partial charge in [-0.1, -0.05) is 13.8 Å². The van der Waals surface area contributed by atoms with E-state index in [0.29, 0.717) is 8.16 Å². The molecule has 0 unspecified atom stereocenters. The molecule has 2 fully saturated rings. The van der Waals surface area contributed by atoms with Crippen LogP contribution >= 0.6 is 47.0 Å². The van der Waals surface area contributed by atoms with Crippen LogP contribution in [0.2, 0.25) is 0 Å². The lowest BCUT2D eigenvalue weighted by Gasteiger charge is -2.34. The van der Waals surface area contributed by atoms with Gasteiger partial charge in [-0.2, -0.15) is 0 Å². The average Bonchev–Trinajstić information content (AvgIpc) is 2.85. The molecule has 0 nitrogen and oxygen atoms in total. The van der Waals surface area contributed by atoms with Gasteiger partial charge in [0.1, 0.15) is 0 Å². The Kier molecular flexibility index (Phi) is 4.82. The molecular weight excluding hydrogens is 272 g/mol. The van der Waals surface area contributed by atoms with Crippen molar-refractivity contribution in [2.75, 3.05) is 23.0 Å². The Morgan fingerprint density at radius 1 is 0.875 bits per heavy atom. The molecule has 0 bridgehead atoms. The number of rotatable bonds is 4. The summed E-state index contributed by atoms with van der Waals surface area (Å²) < 4.78 is 1.05. The summed E-state index contributed by atoms with van der Waals surface area (Å²) in [5.74, 6) is 6.25. The summed E-state index contributed by atoms with van der Waals surface area (Å²) in [6.45, 7) is 7.26. The molecule has 2 aliphatic rings. The summed E-state index contributed by atoms with van der Waals surface area (Å²) in [5.41, 5.74) is 0. The van der Waals surface area contributed by atoms with Crippen LogP contribution in [-0.2, 0) is 0 Å². The molecule has 0 N–H and O–H groups in total. The second-order valence-corrected chi connectivity index (χ2v) is 11.6. The van der Waals surface area contributed by atoms with Gasteiger partial charge in [0.25, 0.3) is 0 Å². The van der Waals surface area contributed by atoms with Crippen LogP contribution in [0.15, 0.2) is 0 Å². The molecule has 0 spiro atoms. The Hall–Kier alpha value is 1.40. The van der Waals surface area contributed by atoms with Crippen LogP contribution in [0.4, 0.5) is 0 Å². The third-order valence-electron chi connectivity index (χ3n) is 3.48. The van der Waals surface area contributed by atoms with Gasteiger partial charge >= 0.3 is 0 Å². The first-order valence-electron chi connectivity index (χ1n) is 6.12. The number of hydrogen-bond donors (Lipinski definition) is 0. The monoisotopic (exact) mass is 294 g/mol. The molecule has 0 aliphatic carbocycles. The highest BCUT2D eigenvalue weighted by atomic mass is 32.2. The van der Waals surface area contributed by atoms with Gasteiger partial charge in [-0.3, -0.25) is 0 Å². The number of hydrogen-bond acceptors (Lipinski definition) is 4. The smallest absolute Gasteiger partial charge is 0.0635 e. The third kappa shape index (κ3) is 3.04. The largest absolute Gasteiger partial charge is 0.144 e. The minimum atomic E-state index is 0.519. The van der Waals surface area contributed by atoms with Crippen molar-refractivity contribution in [1.82, 2.24) is 0 Å². The Balaban J connectivity index is 1.91. The van der Waals surface area contributed by atoms with E-state index in [0.717, 1.165) is 5.92 Å². The zero-order chi connectivity index (χ0) is 11.6. The van der Waals surface area contributed by atoms with Crippen molar-refractivity contribution in [2.24, 2.45) is 5.92 Å². The predicted octanol–water partition coefficient (Wildman–Crippen LogP) is 4.80. The summed E-state index contributed by atoms with van der Waals surface area (Å²) in [6, 6.07) is 0. The van der Waals surface area contributed by atoms with E-state index in [9.17, 15) is 0 Å². The zero-order valence-corrected chi connectivity index (χ0v) is 13.7. The maximum Gasteiger partial charge on any atom is 0.0635 e. The molecular formula is C12H22S4. The lowest BCUT2D eigenvalue weighted by Crippen LogP contribution is -2.27. The molecule has 0 atom stereocenters. The molecule has 0 aromatic heterocycles. The van der Waals surface area contributed by atoms with Crippen LogP contribution in [0.3, 0.4) is 0 Å². The summed E-state index contributed by atoms with van der Waals surface area (Å²) in [5, 5.41) is 0. The first-order valence-corrected chi connectivity index (χ1v) is 10.1. The average molecular weight is 295 g/mol. The van der Waals surface area contributed by atoms with Crippen LogP contribution in [0.1, 0.15) is 33.6 Å². The topological polar surface area (TPSA) is 0 Å². The van der Waals surface area contributed by atoms with E-state index >= 15 is 0 Å². The molecule has 2 heterocycles. The fourth-order valence-corrected chi connectivity index (χ4v) is 8.55. The second-order valence-electron chi connectivity index (χ2n) is 4.99. The molecule has 94 valence electrons. The fourth-order valence-electron chi connectivity index (χ4n) is 2.34. The van der Waals surface area contributed by atoms with E-state index in [-0.39, 0.29) is 0 Å². The molecule has 16 heavy (non-hydrogen) atoms. The third-order valence-corrected chi connectivity index (χ3v) is 11.0. The lowest BCUT2D eigenvalue weighted by atomic mass is 10.0. The lowest BCUT2D eigenvalue weighted by molar-refractivity contribution is 0.515. The maximum atomic E-state index is 2.45. The van der Waals surface area contributed by atoms with E-state index in [2.05, 4.69) is 67.8 Å². The van der Waals surface area contributed by atoms with E-state index in [1.165, 1.54) is 35.9 Å². The highest BCUT2D eigenvalue weighted by molar-refractivity contribution is 8.21. The van der Waals surface area contributed by atoms with Crippen molar-refractivity contribution in [3.05, 3.63) is 0 Å². The zero-order valence-electron chi connectivity index (χ0n) is 10.5. The van der Waals surface area contributed by atoms with Gasteiger partial charge in [0.15, 0.2) is 0 Å². The van der Waals surface area contributed by atoms with E-state index in [4.69, 9.17) is 0 Å². The van der Waals surface area contributed by atoms with Crippen molar-refractivity contribution in [1.29, 1.82) is 0 Å². The summed E-state index contributed by atoms with van der Waals surface area (Å²) in [7, 11) is 0. The predicted molar refractivity (Wildman–Crippen MR) is 85.0 cm³/mol. The van der Waals surface area contributed by atoms with Crippen LogP contribution in [0.5, 0.6) is 0 Å². The molecule has 2 rings (SSSR count). The maximum absolute atomic E-state index is 2.45. The van der Waals surface area contributed by atoms with Crippen LogP contribution in [-0.4, -0.2) is 31.2 Å². The molecule has 4 heteroatoms. The normalized spacial score (nSPS) is 27.8. The van der Waals surface area contributed by atoms with E-state index in [1.54, 1.807) is 0 Å². The Morgan fingerprint density at radius 3 is 1.88 bits per heavy atom. The molecule has 0 saturated carbocycles. The number of thioether (sulfide) groups is 4. The fraction of sp³-hybridized carbons (Fsp3) is 1.00. The summed E-state index contributed by atoms with van der Waals surface area (Å²) in [6.07, 6.45) is 2.79. The van der Waals surface area contributed by atoms with Gasteiger partial charge in [-0.05, 0) is 25.7 Å². The van der Waals surface area contributed by atoms with Crippen molar-refractivity contribution >= 4 is 47.0 Å². The van der Waals surface area contributed by atoms with Gasteiger partial charge in [0.05, 0.1) is 8.16 Å². The molecule has 0 radical (unpaired) electrons. The first kappa shape index (κ1) is 13.8. The Bertz CT molecular complexity index is 227. The van der Waals surface area contributed by atoms with Crippen molar-refractivity contribution in [2.45, 2.75) is 41.8 Å². The molecule has 2 saturated heterocycles. The highest BCUT2D eigenvalue weighted by Gasteiger charge is 2.41. The van der Waals surface area contributed by atoms with Gasteiger partial charge < -0.3 is 0 Å².